The maximum atomic E-state index is 11.4. The largest absolute Gasteiger partial charge is 0.480 e. The molecule has 140 valence electrons. The number of carboxylic acids is 1. The van der Waals surface area contributed by atoms with Gasteiger partial charge in [0.2, 0.25) is 5.91 Å². The van der Waals surface area contributed by atoms with Gasteiger partial charge in [0.25, 0.3) is 0 Å². The number of carbonyl (C=O) groups excluding carboxylic acids is 1. The van der Waals surface area contributed by atoms with Gasteiger partial charge in [-0.25, -0.2) is 0 Å². The van der Waals surface area contributed by atoms with E-state index in [4.69, 9.17) is 5.11 Å². The van der Waals surface area contributed by atoms with Crippen molar-refractivity contribution in [1.82, 2.24) is 5.32 Å². The van der Waals surface area contributed by atoms with Crippen molar-refractivity contribution >= 4 is 11.9 Å². The van der Waals surface area contributed by atoms with Gasteiger partial charge in [-0.2, -0.15) is 0 Å². The second kappa shape index (κ2) is 16.5. The first-order valence-corrected chi connectivity index (χ1v) is 9.77. The lowest BCUT2D eigenvalue weighted by molar-refractivity contribution is -0.140. The molecule has 0 radical (unpaired) electrons. The van der Waals surface area contributed by atoms with E-state index in [0.29, 0.717) is 0 Å². The van der Waals surface area contributed by atoms with Crippen LogP contribution in [-0.4, -0.2) is 23.0 Å². The first-order chi connectivity index (χ1) is 11.6. The van der Waals surface area contributed by atoms with Crippen molar-refractivity contribution in [3.63, 3.8) is 0 Å². The Kier molecular flexibility index (Phi) is 15.6. The fraction of sp³-hybridized carbons (Fsp3) is 0.800. The monoisotopic (exact) mass is 339 g/mol. The topological polar surface area (TPSA) is 66.4 Å². The number of aliphatic carboxylic acids is 1. The minimum absolute atomic E-state index is 0.330. The molecular weight excluding hydrogens is 302 g/mol. The second-order valence-corrected chi connectivity index (χ2v) is 6.65. The van der Waals surface area contributed by atoms with Gasteiger partial charge in [-0.05, 0) is 25.8 Å². The lowest BCUT2D eigenvalue weighted by atomic mass is 10.0. The highest BCUT2D eigenvalue weighted by Crippen LogP contribution is 2.12. The SMILES string of the molecule is CCCCCCCCCCCCCCC=CC(=O)N[C@@H](C)C(=O)O. The molecule has 0 aliphatic heterocycles. The van der Waals surface area contributed by atoms with Crippen molar-refractivity contribution < 1.29 is 14.7 Å². The molecule has 0 aromatic heterocycles. The van der Waals surface area contributed by atoms with Gasteiger partial charge in [0.05, 0.1) is 0 Å². The van der Waals surface area contributed by atoms with Crippen LogP contribution >= 0.6 is 0 Å². The summed E-state index contributed by atoms with van der Waals surface area (Å²) < 4.78 is 0. The van der Waals surface area contributed by atoms with Crippen LogP contribution in [0.25, 0.3) is 0 Å². The van der Waals surface area contributed by atoms with Crippen LogP contribution in [0.2, 0.25) is 0 Å². The van der Waals surface area contributed by atoms with Crippen molar-refractivity contribution in [2.75, 3.05) is 0 Å². The molecule has 0 aliphatic rings. The third kappa shape index (κ3) is 15.6. The molecule has 0 fully saturated rings. The summed E-state index contributed by atoms with van der Waals surface area (Å²) >= 11 is 0. The number of rotatable bonds is 16. The summed E-state index contributed by atoms with van der Waals surface area (Å²) in [4.78, 5) is 22.0. The number of unbranched alkanes of at least 4 members (excludes halogenated alkanes) is 12. The molecule has 0 bridgehead atoms. The van der Waals surface area contributed by atoms with Crippen LogP contribution in [0.15, 0.2) is 12.2 Å². The van der Waals surface area contributed by atoms with Crippen LogP contribution in [0.5, 0.6) is 0 Å². The molecule has 0 aromatic rings. The average Bonchev–Trinajstić information content (AvgIpc) is 2.55. The Labute approximate surface area is 148 Å². The van der Waals surface area contributed by atoms with E-state index in [1.165, 1.54) is 83.6 Å². The van der Waals surface area contributed by atoms with Crippen molar-refractivity contribution in [2.45, 2.75) is 103 Å². The van der Waals surface area contributed by atoms with Crippen LogP contribution in [0, 0.1) is 0 Å². The van der Waals surface area contributed by atoms with Gasteiger partial charge in [0.15, 0.2) is 0 Å². The normalized spacial score (nSPS) is 12.4. The number of carboxylic acid groups (broad SMARTS) is 1. The van der Waals surface area contributed by atoms with Crippen molar-refractivity contribution in [3.05, 3.63) is 12.2 Å². The Balaban J connectivity index is 3.31. The number of nitrogens with one attached hydrogen (secondary N) is 1. The predicted octanol–water partition coefficient (Wildman–Crippen LogP) is 5.22. The zero-order valence-corrected chi connectivity index (χ0v) is 15.7. The van der Waals surface area contributed by atoms with Crippen molar-refractivity contribution in [1.29, 1.82) is 0 Å². The van der Waals surface area contributed by atoms with E-state index in [-0.39, 0.29) is 5.91 Å². The lowest BCUT2D eigenvalue weighted by Gasteiger charge is -2.05. The van der Waals surface area contributed by atoms with E-state index in [1.807, 2.05) is 6.08 Å². The van der Waals surface area contributed by atoms with Gasteiger partial charge in [-0.3, -0.25) is 9.59 Å². The highest BCUT2D eigenvalue weighted by atomic mass is 16.4. The van der Waals surface area contributed by atoms with E-state index in [2.05, 4.69) is 12.2 Å². The number of amides is 1. The van der Waals surface area contributed by atoms with Crippen LogP contribution in [-0.2, 0) is 9.59 Å². The van der Waals surface area contributed by atoms with Gasteiger partial charge in [0.1, 0.15) is 6.04 Å². The number of carbonyl (C=O) groups is 2. The number of hydrogen-bond acceptors (Lipinski definition) is 2. The summed E-state index contributed by atoms with van der Waals surface area (Å²) in [5.41, 5.74) is 0. The second-order valence-electron chi connectivity index (χ2n) is 6.65. The van der Waals surface area contributed by atoms with Gasteiger partial charge in [-0.1, -0.05) is 83.6 Å². The molecule has 0 saturated heterocycles. The molecular formula is C20H37NO3. The third-order valence-corrected chi connectivity index (χ3v) is 4.22. The molecule has 0 spiro atoms. The van der Waals surface area contributed by atoms with E-state index < -0.39 is 12.0 Å². The molecule has 0 heterocycles. The minimum atomic E-state index is -1.02. The summed E-state index contributed by atoms with van der Waals surface area (Å²) in [5.74, 6) is -1.35. The van der Waals surface area contributed by atoms with E-state index in [1.54, 1.807) is 0 Å². The van der Waals surface area contributed by atoms with E-state index in [9.17, 15) is 9.59 Å². The molecule has 0 aliphatic carbocycles. The number of allylic oxidation sites excluding steroid dienone is 1. The molecule has 0 aromatic carbocycles. The summed E-state index contributed by atoms with van der Waals surface area (Å²) in [6.45, 7) is 3.71. The maximum Gasteiger partial charge on any atom is 0.325 e. The van der Waals surface area contributed by atoms with Crippen LogP contribution in [0.4, 0.5) is 0 Å². The lowest BCUT2D eigenvalue weighted by Crippen LogP contribution is -2.37. The Morgan fingerprint density at radius 2 is 1.33 bits per heavy atom. The maximum absolute atomic E-state index is 11.4. The highest BCUT2D eigenvalue weighted by Gasteiger charge is 2.11. The van der Waals surface area contributed by atoms with E-state index >= 15 is 0 Å². The smallest absolute Gasteiger partial charge is 0.325 e. The predicted molar refractivity (Wildman–Crippen MR) is 100 cm³/mol. The van der Waals surface area contributed by atoms with Crippen LogP contribution in [0.1, 0.15) is 97.3 Å². The van der Waals surface area contributed by atoms with Crippen molar-refractivity contribution in [2.24, 2.45) is 0 Å². The molecule has 24 heavy (non-hydrogen) atoms. The summed E-state index contributed by atoms with van der Waals surface area (Å²) in [5, 5.41) is 11.1. The Morgan fingerprint density at radius 1 is 0.875 bits per heavy atom. The van der Waals surface area contributed by atoms with Gasteiger partial charge in [0, 0.05) is 0 Å². The summed E-state index contributed by atoms with van der Waals surface area (Å²) in [6, 6.07) is -0.839. The Morgan fingerprint density at radius 3 is 1.79 bits per heavy atom. The molecule has 1 atom stereocenters. The Bertz CT molecular complexity index is 353. The third-order valence-electron chi connectivity index (χ3n) is 4.22. The zero-order valence-electron chi connectivity index (χ0n) is 15.7. The first-order valence-electron chi connectivity index (χ1n) is 9.77. The van der Waals surface area contributed by atoms with E-state index in [0.717, 1.165) is 12.8 Å². The van der Waals surface area contributed by atoms with Gasteiger partial charge < -0.3 is 10.4 Å². The van der Waals surface area contributed by atoms with Gasteiger partial charge in [-0.15, -0.1) is 0 Å². The first kappa shape index (κ1) is 22.7. The fourth-order valence-corrected chi connectivity index (χ4v) is 2.62. The number of hydrogen-bond donors (Lipinski definition) is 2. The molecule has 4 heteroatoms. The molecule has 1 amide bonds. The van der Waals surface area contributed by atoms with Crippen LogP contribution in [0.3, 0.4) is 0 Å². The highest BCUT2D eigenvalue weighted by molar-refractivity contribution is 5.90. The average molecular weight is 340 g/mol. The standard InChI is InChI=1S/C20H37NO3/c1-3-4-5-6-7-8-9-10-11-12-13-14-15-16-17-19(22)21-18(2)20(23)24/h16-18H,3-15H2,1-2H3,(H,21,22)(H,23,24)/t18-/m0/s1. The van der Waals surface area contributed by atoms with Crippen molar-refractivity contribution in [3.8, 4) is 0 Å². The summed E-state index contributed by atoms with van der Waals surface area (Å²) in [6.07, 6.45) is 20.0. The molecule has 0 rings (SSSR count). The summed E-state index contributed by atoms with van der Waals surface area (Å²) in [7, 11) is 0. The molecule has 4 nitrogen and oxygen atoms in total. The quantitative estimate of drug-likeness (QED) is 0.299. The molecule has 0 unspecified atom stereocenters. The minimum Gasteiger partial charge on any atom is -0.480 e. The zero-order chi connectivity index (χ0) is 18.0. The molecule has 2 N–H and O–H groups in total. The molecule has 0 saturated carbocycles. The van der Waals surface area contributed by atoms with Crippen LogP contribution < -0.4 is 5.32 Å². The van der Waals surface area contributed by atoms with Gasteiger partial charge >= 0.3 is 5.97 Å². The Hall–Kier alpha value is -1.32. The fourth-order valence-electron chi connectivity index (χ4n) is 2.62.